The second kappa shape index (κ2) is 5.02. The number of hydrogen-bond donors (Lipinski definition) is 0. The van der Waals surface area contributed by atoms with Crippen LogP contribution in [-0.4, -0.2) is 17.7 Å². The van der Waals surface area contributed by atoms with E-state index in [1.165, 1.54) is 0 Å². The highest BCUT2D eigenvalue weighted by Crippen LogP contribution is 1.92. The Balaban J connectivity index is 3.79. The van der Waals surface area contributed by atoms with Crippen LogP contribution in [0.5, 0.6) is 0 Å². The van der Waals surface area contributed by atoms with Crippen LogP contribution in [0.2, 0.25) is 0 Å². The Morgan fingerprint density at radius 3 is 2.42 bits per heavy atom. The Bertz CT molecular complexity index is 251. The summed E-state index contributed by atoms with van der Waals surface area (Å²) in [4.78, 5) is 31.3. The van der Waals surface area contributed by atoms with Gasteiger partial charge < -0.3 is 4.74 Å². The molecule has 0 radical (unpaired) electrons. The van der Waals surface area contributed by atoms with Gasteiger partial charge in [-0.3, -0.25) is 14.4 Å². The highest BCUT2D eigenvalue weighted by atomic mass is 16.6. The lowest BCUT2D eigenvalue weighted by atomic mass is 10.2. The van der Waals surface area contributed by atoms with Crippen molar-refractivity contribution in [3.05, 3.63) is 0 Å². The molecule has 0 rings (SSSR count). The molecular weight excluding hydrogens is 162 g/mol. The zero-order valence-electron chi connectivity index (χ0n) is 6.49. The molecule has 0 aromatic carbocycles. The SMILES string of the molecule is CC(=O)OC(=O)CC(=O)CC#N. The van der Waals surface area contributed by atoms with E-state index in [0.29, 0.717) is 0 Å². The van der Waals surface area contributed by atoms with Crippen molar-refractivity contribution in [2.75, 3.05) is 0 Å². The van der Waals surface area contributed by atoms with Crippen LogP contribution >= 0.6 is 0 Å². The minimum absolute atomic E-state index is 0.340. The van der Waals surface area contributed by atoms with Crippen molar-refractivity contribution in [1.29, 1.82) is 5.26 Å². The van der Waals surface area contributed by atoms with Gasteiger partial charge in [0.05, 0.1) is 12.5 Å². The molecule has 0 aliphatic carbocycles. The van der Waals surface area contributed by atoms with Crippen molar-refractivity contribution >= 4 is 17.7 Å². The maximum Gasteiger partial charge on any atom is 0.320 e. The number of hydrogen-bond acceptors (Lipinski definition) is 5. The highest BCUT2D eigenvalue weighted by molar-refractivity contribution is 5.99. The third-order valence-electron chi connectivity index (χ3n) is 0.875. The minimum Gasteiger partial charge on any atom is -0.393 e. The van der Waals surface area contributed by atoms with E-state index in [4.69, 9.17) is 5.26 Å². The maximum atomic E-state index is 10.6. The Kier molecular flexibility index (Phi) is 4.31. The van der Waals surface area contributed by atoms with E-state index in [0.717, 1.165) is 6.92 Å². The van der Waals surface area contributed by atoms with Crippen molar-refractivity contribution in [2.45, 2.75) is 19.8 Å². The Hall–Kier alpha value is -1.70. The molecule has 64 valence electrons. The lowest BCUT2D eigenvalue weighted by molar-refractivity contribution is -0.158. The quantitative estimate of drug-likeness (QED) is 0.436. The monoisotopic (exact) mass is 169 g/mol. The van der Waals surface area contributed by atoms with Gasteiger partial charge in [-0.05, 0) is 0 Å². The number of ketones is 1. The molecule has 0 aromatic heterocycles. The van der Waals surface area contributed by atoms with Crippen molar-refractivity contribution in [1.82, 2.24) is 0 Å². The number of ether oxygens (including phenoxy) is 1. The molecule has 0 spiro atoms. The Labute approximate surface area is 68.9 Å². The second-order valence-corrected chi connectivity index (χ2v) is 2.02. The summed E-state index contributed by atoms with van der Waals surface area (Å²) in [6, 6.07) is 1.58. The van der Waals surface area contributed by atoms with Gasteiger partial charge in [0, 0.05) is 6.92 Å². The fraction of sp³-hybridized carbons (Fsp3) is 0.429. The highest BCUT2D eigenvalue weighted by Gasteiger charge is 2.11. The van der Waals surface area contributed by atoms with Crippen LogP contribution in [0, 0.1) is 11.3 Å². The first-order valence-corrected chi connectivity index (χ1v) is 3.16. The predicted molar refractivity (Wildman–Crippen MR) is 36.6 cm³/mol. The first kappa shape index (κ1) is 10.3. The van der Waals surface area contributed by atoms with Gasteiger partial charge in [0.1, 0.15) is 6.42 Å². The predicted octanol–water partition coefficient (Wildman–Crippen LogP) is -0.0510. The normalized spacial score (nSPS) is 8.33. The number of nitriles is 1. The average molecular weight is 169 g/mol. The lowest BCUT2D eigenvalue weighted by Crippen LogP contribution is -2.13. The minimum atomic E-state index is -0.914. The Morgan fingerprint density at radius 2 is 2.00 bits per heavy atom. The molecule has 0 atom stereocenters. The summed E-state index contributed by atoms with van der Waals surface area (Å²) in [5, 5.41) is 8.04. The van der Waals surface area contributed by atoms with Gasteiger partial charge in [0.2, 0.25) is 0 Å². The molecule has 5 nitrogen and oxygen atoms in total. The summed E-state index contributed by atoms with van der Waals surface area (Å²) in [6.07, 6.45) is -0.861. The number of carbonyl (C=O) groups is 3. The van der Waals surface area contributed by atoms with Gasteiger partial charge in [0.15, 0.2) is 5.78 Å². The summed E-state index contributed by atoms with van der Waals surface area (Å²) in [7, 11) is 0. The molecule has 5 heteroatoms. The third-order valence-corrected chi connectivity index (χ3v) is 0.875. The van der Waals surface area contributed by atoms with Gasteiger partial charge in [-0.25, -0.2) is 0 Å². The average Bonchev–Trinajstić information content (AvgIpc) is 1.84. The van der Waals surface area contributed by atoms with Gasteiger partial charge in [-0.15, -0.1) is 0 Å². The molecule has 0 heterocycles. The summed E-state index contributed by atoms with van der Waals surface area (Å²) >= 11 is 0. The van der Waals surface area contributed by atoms with Crippen LogP contribution in [0.15, 0.2) is 0 Å². The molecule has 0 bridgehead atoms. The molecule has 0 aliphatic rings. The summed E-state index contributed by atoms with van der Waals surface area (Å²) in [5.41, 5.74) is 0. The zero-order valence-corrected chi connectivity index (χ0v) is 6.49. The molecule has 12 heavy (non-hydrogen) atoms. The maximum absolute atomic E-state index is 10.6. The molecule has 0 saturated heterocycles. The first-order chi connectivity index (χ1) is 5.56. The standard InChI is InChI=1S/C7H7NO4/c1-5(9)12-7(11)4-6(10)2-3-8/h2,4H2,1H3. The van der Waals surface area contributed by atoms with Crippen LogP contribution in [0.3, 0.4) is 0 Å². The zero-order chi connectivity index (χ0) is 9.56. The van der Waals surface area contributed by atoms with E-state index in [9.17, 15) is 14.4 Å². The van der Waals surface area contributed by atoms with Crippen molar-refractivity contribution in [3.63, 3.8) is 0 Å². The van der Waals surface area contributed by atoms with Crippen LogP contribution < -0.4 is 0 Å². The van der Waals surface area contributed by atoms with E-state index in [2.05, 4.69) is 4.74 Å². The van der Waals surface area contributed by atoms with Gasteiger partial charge in [-0.1, -0.05) is 0 Å². The van der Waals surface area contributed by atoms with Crippen LogP contribution in [-0.2, 0) is 19.1 Å². The molecule has 0 fully saturated rings. The van der Waals surface area contributed by atoms with E-state index in [1.807, 2.05) is 0 Å². The van der Waals surface area contributed by atoms with Crippen molar-refractivity contribution < 1.29 is 19.1 Å². The molecule has 0 aliphatic heterocycles. The van der Waals surface area contributed by atoms with E-state index < -0.39 is 24.1 Å². The third kappa shape index (κ3) is 5.11. The number of rotatable bonds is 3. The van der Waals surface area contributed by atoms with E-state index in [1.54, 1.807) is 6.07 Å². The number of carbonyl (C=O) groups excluding carboxylic acids is 3. The van der Waals surface area contributed by atoms with Gasteiger partial charge in [0.25, 0.3) is 0 Å². The summed E-state index contributed by atoms with van der Waals surface area (Å²) < 4.78 is 4.06. The fourth-order valence-corrected chi connectivity index (χ4v) is 0.508. The largest absolute Gasteiger partial charge is 0.393 e. The number of Topliss-reactive ketones (excluding diaryl/α,β-unsaturated/α-hetero) is 1. The molecular formula is C7H7NO4. The van der Waals surface area contributed by atoms with Crippen LogP contribution in [0.25, 0.3) is 0 Å². The van der Waals surface area contributed by atoms with Crippen LogP contribution in [0.4, 0.5) is 0 Å². The molecule has 0 N–H and O–H groups in total. The van der Waals surface area contributed by atoms with Gasteiger partial charge >= 0.3 is 11.9 Å². The smallest absolute Gasteiger partial charge is 0.320 e. The molecule has 0 aromatic rings. The van der Waals surface area contributed by atoms with Crippen molar-refractivity contribution in [3.8, 4) is 6.07 Å². The second-order valence-electron chi connectivity index (χ2n) is 2.02. The van der Waals surface area contributed by atoms with Gasteiger partial charge in [-0.2, -0.15) is 5.26 Å². The first-order valence-electron chi connectivity index (χ1n) is 3.16. The van der Waals surface area contributed by atoms with E-state index >= 15 is 0 Å². The molecule has 0 unspecified atom stereocenters. The van der Waals surface area contributed by atoms with E-state index in [-0.39, 0.29) is 6.42 Å². The molecule has 0 amide bonds. The van der Waals surface area contributed by atoms with Crippen molar-refractivity contribution in [2.24, 2.45) is 0 Å². The molecule has 0 saturated carbocycles. The lowest BCUT2D eigenvalue weighted by Gasteiger charge is -1.95. The van der Waals surface area contributed by atoms with Crippen LogP contribution in [0.1, 0.15) is 19.8 Å². The Morgan fingerprint density at radius 1 is 1.42 bits per heavy atom. The number of nitrogens with zero attached hydrogens (tertiary/aromatic N) is 1. The fourth-order valence-electron chi connectivity index (χ4n) is 0.508. The summed E-state index contributed by atoms with van der Waals surface area (Å²) in [6.45, 7) is 1.06. The number of esters is 2. The topological polar surface area (TPSA) is 84.2 Å². The summed E-state index contributed by atoms with van der Waals surface area (Å²) in [5.74, 6) is -2.23.